The Bertz CT molecular complexity index is 609. The molecule has 1 unspecified atom stereocenters. The zero-order valence-corrected chi connectivity index (χ0v) is 12.0. The summed E-state index contributed by atoms with van der Waals surface area (Å²) < 4.78 is 9.82. The van der Waals surface area contributed by atoms with Gasteiger partial charge in [0.2, 0.25) is 0 Å². The maximum Gasteiger partial charge on any atom is 0.273 e. The molecule has 6 nitrogen and oxygen atoms in total. The molecular weight excluding hydrogens is 272 g/mol. The number of aliphatic hydroxyl groups is 1. The molecule has 1 aromatic heterocycles. The zero-order chi connectivity index (χ0) is 15.2. The topological polar surface area (TPSA) is 84.6 Å². The Morgan fingerprint density at radius 1 is 1.48 bits per heavy atom. The smallest absolute Gasteiger partial charge is 0.273 e. The van der Waals surface area contributed by atoms with Crippen LogP contribution in [0.5, 0.6) is 0 Å². The number of aromatic nitrogens is 1. The molecule has 2 N–H and O–H groups in total. The lowest BCUT2D eigenvalue weighted by Crippen LogP contribution is -2.28. The van der Waals surface area contributed by atoms with Gasteiger partial charge in [0, 0.05) is 19.7 Å². The molecule has 21 heavy (non-hydrogen) atoms. The van der Waals surface area contributed by atoms with Crippen LogP contribution in [0.1, 0.15) is 33.5 Å². The molecule has 1 amide bonds. The third-order valence-corrected chi connectivity index (χ3v) is 3.08. The number of methoxy groups -OCH3 is 1. The normalized spacial score (nSPS) is 12.1. The van der Waals surface area contributed by atoms with Gasteiger partial charge in [-0.3, -0.25) is 4.79 Å². The molecule has 1 atom stereocenters. The van der Waals surface area contributed by atoms with Gasteiger partial charge in [0.1, 0.15) is 6.61 Å². The van der Waals surface area contributed by atoms with Crippen molar-refractivity contribution >= 4 is 5.91 Å². The predicted molar refractivity (Wildman–Crippen MR) is 75.7 cm³/mol. The second-order valence-corrected chi connectivity index (χ2v) is 4.69. The maximum atomic E-state index is 11.9. The first-order valence-corrected chi connectivity index (χ1v) is 6.58. The first kappa shape index (κ1) is 15.2. The van der Waals surface area contributed by atoms with Crippen molar-refractivity contribution in [3.63, 3.8) is 0 Å². The molecule has 2 aromatic rings. The van der Waals surface area contributed by atoms with Gasteiger partial charge >= 0.3 is 0 Å². The van der Waals surface area contributed by atoms with Gasteiger partial charge in [-0.2, -0.15) is 0 Å². The van der Waals surface area contributed by atoms with Gasteiger partial charge in [-0.15, -0.1) is 0 Å². The predicted octanol–water partition coefficient (Wildman–Crippen LogP) is 1.59. The number of benzene rings is 1. The van der Waals surface area contributed by atoms with E-state index in [1.165, 1.54) is 13.2 Å². The van der Waals surface area contributed by atoms with E-state index in [4.69, 9.17) is 9.26 Å². The number of ether oxygens (including phenoxy) is 1. The molecule has 1 aromatic carbocycles. The number of aliphatic hydroxyl groups excluding tert-OH is 1. The highest BCUT2D eigenvalue weighted by Crippen LogP contribution is 2.16. The van der Waals surface area contributed by atoms with Crippen LogP contribution >= 0.6 is 0 Å². The molecule has 0 saturated carbocycles. The van der Waals surface area contributed by atoms with Gasteiger partial charge in [-0.05, 0) is 18.1 Å². The summed E-state index contributed by atoms with van der Waals surface area (Å²) in [4.78, 5) is 11.9. The molecule has 1 heterocycles. The van der Waals surface area contributed by atoms with Crippen molar-refractivity contribution in [2.45, 2.75) is 19.6 Å². The number of hydrogen-bond acceptors (Lipinski definition) is 5. The molecule has 0 bridgehead atoms. The second kappa shape index (κ2) is 7.01. The van der Waals surface area contributed by atoms with Crippen LogP contribution in [0.15, 0.2) is 34.9 Å². The maximum absolute atomic E-state index is 11.9. The van der Waals surface area contributed by atoms with E-state index in [9.17, 15) is 9.90 Å². The fraction of sp³-hybridized carbons (Fsp3) is 0.333. The highest BCUT2D eigenvalue weighted by atomic mass is 16.5. The average molecular weight is 290 g/mol. The van der Waals surface area contributed by atoms with Crippen LogP contribution in [0.2, 0.25) is 0 Å². The minimum absolute atomic E-state index is 0.107. The Labute approximate surface area is 122 Å². The monoisotopic (exact) mass is 290 g/mol. The summed E-state index contributed by atoms with van der Waals surface area (Å²) in [6.45, 7) is 2.28. The van der Waals surface area contributed by atoms with Crippen LogP contribution in [0, 0.1) is 6.92 Å². The highest BCUT2D eigenvalue weighted by Gasteiger charge is 2.15. The van der Waals surface area contributed by atoms with Gasteiger partial charge in [-0.25, -0.2) is 0 Å². The van der Waals surface area contributed by atoms with E-state index in [1.807, 2.05) is 31.2 Å². The van der Waals surface area contributed by atoms with Crippen molar-refractivity contribution in [1.82, 2.24) is 10.5 Å². The highest BCUT2D eigenvalue weighted by molar-refractivity contribution is 5.92. The Kier molecular flexibility index (Phi) is 5.08. The van der Waals surface area contributed by atoms with Crippen molar-refractivity contribution in [2.75, 3.05) is 13.7 Å². The quantitative estimate of drug-likeness (QED) is 0.844. The Balaban J connectivity index is 1.92. The molecule has 0 aliphatic heterocycles. The van der Waals surface area contributed by atoms with E-state index >= 15 is 0 Å². The fourth-order valence-electron chi connectivity index (χ4n) is 1.98. The largest absolute Gasteiger partial charge is 0.387 e. The summed E-state index contributed by atoms with van der Waals surface area (Å²) in [5, 5.41) is 16.4. The molecule has 0 fully saturated rings. The van der Waals surface area contributed by atoms with Gasteiger partial charge in [0.05, 0.1) is 6.10 Å². The summed E-state index contributed by atoms with van der Waals surface area (Å²) in [5.41, 5.74) is 1.93. The fourth-order valence-corrected chi connectivity index (χ4v) is 1.98. The lowest BCUT2D eigenvalue weighted by molar-refractivity contribution is 0.0906. The van der Waals surface area contributed by atoms with Gasteiger partial charge < -0.3 is 19.7 Å². The van der Waals surface area contributed by atoms with Crippen LogP contribution in [-0.2, 0) is 11.3 Å². The molecule has 0 aliphatic rings. The molecule has 0 saturated heterocycles. The van der Waals surface area contributed by atoms with E-state index in [-0.39, 0.29) is 18.8 Å². The van der Waals surface area contributed by atoms with Crippen LogP contribution in [0.3, 0.4) is 0 Å². The van der Waals surface area contributed by atoms with E-state index in [0.29, 0.717) is 5.76 Å². The molecule has 0 aliphatic carbocycles. The number of nitrogens with one attached hydrogen (secondary N) is 1. The SMILES string of the molecule is COCc1cc(C(=O)NCC(O)c2ccccc2C)no1. The minimum atomic E-state index is -0.763. The van der Waals surface area contributed by atoms with Gasteiger partial charge in [0.15, 0.2) is 11.5 Å². The average Bonchev–Trinajstić information content (AvgIpc) is 2.94. The molecule has 112 valence electrons. The standard InChI is InChI=1S/C15H18N2O4/c1-10-5-3-4-6-12(10)14(18)8-16-15(19)13-7-11(9-20-2)21-17-13/h3-7,14,18H,8-9H2,1-2H3,(H,16,19). The summed E-state index contributed by atoms with van der Waals surface area (Å²) in [6.07, 6.45) is -0.763. The minimum Gasteiger partial charge on any atom is -0.387 e. The van der Waals surface area contributed by atoms with Gasteiger partial charge in [-0.1, -0.05) is 29.4 Å². The Morgan fingerprint density at radius 3 is 2.95 bits per heavy atom. The number of carbonyl (C=O) groups excluding carboxylic acids is 1. The summed E-state index contributed by atoms with van der Waals surface area (Å²) in [5.74, 6) is 0.0795. The zero-order valence-electron chi connectivity index (χ0n) is 12.0. The molecular formula is C15H18N2O4. The van der Waals surface area contributed by atoms with Crippen molar-refractivity contribution in [3.8, 4) is 0 Å². The third kappa shape index (κ3) is 3.90. The number of aryl methyl sites for hydroxylation is 1. The van der Waals surface area contributed by atoms with E-state index in [2.05, 4.69) is 10.5 Å². The summed E-state index contributed by atoms with van der Waals surface area (Å²) in [7, 11) is 1.53. The van der Waals surface area contributed by atoms with Crippen LogP contribution in [-0.4, -0.2) is 29.8 Å². The lowest BCUT2D eigenvalue weighted by atomic mass is 10.0. The first-order chi connectivity index (χ1) is 10.1. The number of rotatable bonds is 6. The van der Waals surface area contributed by atoms with Crippen molar-refractivity contribution < 1.29 is 19.2 Å². The van der Waals surface area contributed by atoms with Crippen molar-refractivity contribution in [1.29, 1.82) is 0 Å². The van der Waals surface area contributed by atoms with Crippen LogP contribution in [0.25, 0.3) is 0 Å². The van der Waals surface area contributed by atoms with Crippen LogP contribution < -0.4 is 5.32 Å². The van der Waals surface area contributed by atoms with Crippen LogP contribution in [0.4, 0.5) is 0 Å². The number of nitrogens with zero attached hydrogens (tertiary/aromatic N) is 1. The van der Waals surface area contributed by atoms with E-state index in [0.717, 1.165) is 11.1 Å². The second-order valence-electron chi connectivity index (χ2n) is 4.69. The molecule has 0 radical (unpaired) electrons. The third-order valence-electron chi connectivity index (χ3n) is 3.08. The Hall–Kier alpha value is -2.18. The van der Waals surface area contributed by atoms with Gasteiger partial charge in [0.25, 0.3) is 5.91 Å². The van der Waals surface area contributed by atoms with E-state index in [1.54, 1.807) is 0 Å². The first-order valence-electron chi connectivity index (χ1n) is 6.58. The lowest BCUT2D eigenvalue weighted by Gasteiger charge is -2.13. The Morgan fingerprint density at radius 2 is 2.24 bits per heavy atom. The summed E-state index contributed by atoms with van der Waals surface area (Å²) in [6, 6.07) is 9.01. The molecule has 6 heteroatoms. The van der Waals surface area contributed by atoms with Crippen molar-refractivity contribution in [2.24, 2.45) is 0 Å². The van der Waals surface area contributed by atoms with E-state index < -0.39 is 12.0 Å². The number of carbonyl (C=O) groups is 1. The summed E-state index contributed by atoms with van der Waals surface area (Å²) >= 11 is 0. The number of amides is 1. The number of hydrogen-bond donors (Lipinski definition) is 2. The van der Waals surface area contributed by atoms with Crippen molar-refractivity contribution in [3.05, 3.63) is 52.9 Å². The molecule has 0 spiro atoms. The molecule has 2 rings (SSSR count).